The molecule has 8 heteroatoms. The normalized spacial score (nSPS) is 14.2. The van der Waals surface area contributed by atoms with Crippen molar-refractivity contribution in [3.8, 4) is 0 Å². The van der Waals surface area contributed by atoms with Gasteiger partial charge in [0.2, 0.25) is 5.91 Å². The number of carbonyl (C=O) groups excluding carboxylic acids is 2. The molecule has 2 amide bonds. The van der Waals surface area contributed by atoms with E-state index in [1.165, 1.54) is 35.7 Å². The zero-order valence-electron chi connectivity index (χ0n) is 18.8. The average molecular weight is 441 g/mol. The van der Waals surface area contributed by atoms with Crippen LogP contribution in [-0.2, 0) is 16.1 Å². The molecule has 0 saturated carbocycles. The van der Waals surface area contributed by atoms with Crippen LogP contribution < -0.4 is 21.1 Å². The minimum absolute atomic E-state index is 0.209. The van der Waals surface area contributed by atoms with E-state index in [2.05, 4.69) is 15.5 Å². The number of nitrogens with one attached hydrogen (secondary N) is 2. The number of aromatic nitrogens is 1. The maximum Gasteiger partial charge on any atom is 0.253 e. The van der Waals surface area contributed by atoms with E-state index in [0.29, 0.717) is 30.8 Å². The van der Waals surface area contributed by atoms with Crippen molar-refractivity contribution in [2.45, 2.75) is 45.2 Å². The number of pyridine rings is 1. The molecular weight excluding hydrogens is 408 g/mol. The molecule has 2 N–H and O–H groups in total. The summed E-state index contributed by atoms with van der Waals surface area (Å²) in [6.45, 7) is 4.73. The third kappa shape index (κ3) is 6.20. The lowest BCUT2D eigenvalue weighted by Gasteiger charge is -2.20. The van der Waals surface area contributed by atoms with Gasteiger partial charge in [0.05, 0.1) is 12.2 Å². The molecule has 1 saturated heterocycles. The molecule has 1 aromatic carbocycles. The fraction of sp³-hybridized carbons (Fsp3) is 0.458. The highest BCUT2D eigenvalue weighted by atomic mass is 16.5. The number of methoxy groups -OCH3 is 1. The highest BCUT2D eigenvalue weighted by Gasteiger charge is 2.22. The van der Waals surface area contributed by atoms with Gasteiger partial charge in [-0.05, 0) is 43.5 Å². The van der Waals surface area contributed by atoms with Gasteiger partial charge < -0.3 is 24.8 Å². The van der Waals surface area contributed by atoms with Crippen LogP contribution in [0.15, 0.2) is 47.4 Å². The van der Waals surface area contributed by atoms with Crippen molar-refractivity contribution in [1.29, 1.82) is 0 Å². The topological polar surface area (TPSA) is 92.7 Å². The zero-order valence-corrected chi connectivity index (χ0v) is 18.8. The minimum atomic E-state index is -0.678. The van der Waals surface area contributed by atoms with E-state index < -0.39 is 11.9 Å². The van der Waals surface area contributed by atoms with Gasteiger partial charge >= 0.3 is 0 Å². The lowest BCUT2D eigenvalue weighted by Crippen LogP contribution is -2.44. The molecule has 1 fully saturated rings. The first-order chi connectivity index (χ1) is 15.5. The predicted octanol–water partition coefficient (Wildman–Crippen LogP) is 2.63. The molecule has 0 aliphatic carbocycles. The number of benzene rings is 1. The van der Waals surface area contributed by atoms with Crippen molar-refractivity contribution in [1.82, 2.24) is 9.88 Å². The van der Waals surface area contributed by atoms with Crippen LogP contribution in [-0.4, -0.2) is 49.2 Å². The Morgan fingerprint density at radius 1 is 1.16 bits per heavy atom. The molecule has 3 rings (SSSR count). The van der Waals surface area contributed by atoms with Crippen LogP contribution in [0.25, 0.3) is 0 Å². The van der Waals surface area contributed by atoms with Crippen molar-refractivity contribution in [3.63, 3.8) is 0 Å². The number of rotatable bonds is 10. The second-order valence-electron chi connectivity index (χ2n) is 7.99. The number of carbonyl (C=O) groups is 2. The van der Waals surface area contributed by atoms with E-state index in [1.807, 2.05) is 31.2 Å². The van der Waals surface area contributed by atoms with Crippen LogP contribution >= 0.6 is 0 Å². The van der Waals surface area contributed by atoms with Gasteiger partial charge in [-0.2, -0.15) is 0 Å². The molecule has 0 bridgehead atoms. The number of anilines is 2. The summed E-state index contributed by atoms with van der Waals surface area (Å²) in [5.41, 5.74) is 1.92. The third-order valence-electron chi connectivity index (χ3n) is 5.57. The first-order valence-electron chi connectivity index (χ1n) is 11.2. The maximum absolute atomic E-state index is 13.0. The molecule has 8 nitrogen and oxygen atoms in total. The molecule has 0 spiro atoms. The van der Waals surface area contributed by atoms with E-state index >= 15 is 0 Å². The molecule has 2 aromatic rings. The van der Waals surface area contributed by atoms with Gasteiger partial charge in [0, 0.05) is 50.4 Å². The third-order valence-corrected chi connectivity index (χ3v) is 5.57. The van der Waals surface area contributed by atoms with Gasteiger partial charge in [0.25, 0.3) is 11.5 Å². The van der Waals surface area contributed by atoms with Gasteiger partial charge in [-0.25, -0.2) is 0 Å². The lowest BCUT2D eigenvalue weighted by molar-refractivity contribution is -0.118. The molecule has 1 aliphatic heterocycles. The largest absolute Gasteiger partial charge is 0.383 e. The summed E-state index contributed by atoms with van der Waals surface area (Å²) in [6.07, 6.45) is 5.10. The van der Waals surface area contributed by atoms with E-state index in [1.54, 1.807) is 7.11 Å². The van der Waals surface area contributed by atoms with Crippen LogP contribution in [0.5, 0.6) is 0 Å². The zero-order chi connectivity index (χ0) is 22.9. The van der Waals surface area contributed by atoms with Gasteiger partial charge in [-0.1, -0.05) is 19.4 Å². The van der Waals surface area contributed by atoms with Crippen LogP contribution in [0, 0.1) is 0 Å². The van der Waals surface area contributed by atoms with Crippen molar-refractivity contribution in [2.24, 2.45) is 0 Å². The highest BCUT2D eigenvalue weighted by Crippen LogP contribution is 2.23. The number of hydrogen-bond acceptors (Lipinski definition) is 5. The summed E-state index contributed by atoms with van der Waals surface area (Å²) in [6, 6.07) is 9.95. The Labute approximate surface area is 188 Å². The molecule has 0 radical (unpaired) electrons. The Morgan fingerprint density at radius 2 is 1.94 bits per heavy atom. The molecule has 32 heavy (non-hydrogen) atoms. The Morgan fingerprint density at radius 3 is 2.66 bits per heavy atom. The molecule has 1 unspecified atom stereocenters. The number of hydrogen-bond donors (Lipinski definition) is 2. The van der Waals surface area contributed by atoms with Crippen molar-refractivity contribution in [3.05, 3.63) is 58.5 Å². The summed E-state index contributed by atoms with van der Waals surface area (Å²) < 4.78 is 6.44. The molecule has 172 valence electrons. The minimum Gasteiger partial charge on any atom is -0.383 e. The van der Waals surface area contributed by atoms with Crippen LogP contribution in [0.1, 0.15) is 43.0 Å². The van der Waals surface area contributed by atoms with Crippen LogP contribution in [0.4, 0.5) is 11.4 Å². The smallest absolute Gasteiger partial charge is 0.253 e. The Bertz CT molecular complexity index is 982. The molecule has 2 heterocycles. The lowest BCUT2D eigenvalue weighted by atomic mass is 10.1. The fourth-order valence-corrected chi connectivity index (χ4v) is 3.81. The first kappa shape index (κ1) is 23.5. The van der Waals surface area contributed by atoms with Gasteiger partial charge in [0.15, 0.2) is 0 Å². The standard InChI is InChI=1S/C24H32N4O4/c1-3-7-21(26-23(30)18-10-11-22(29)28(17-18)14-15-32-2)24(31)25-19-8-6-9-20(16-19)27-12-4-5-13-27/h6,8-11,16-17,21H,3-5,7,12-15H2,1-2H3,(H,25,31)(H,26,30). The second kappa shape index (κ2) is 11.5. The second-order valence-corrected chi connectivity index (χ2v) is 7.99. The quantitative estimate of drug-likeness (QED) is 0.593. The molecule has 1 aliphatic rings. The Kier molecular flexibility index (Phi) is 8.44. The summed E-state index contributed by atoms with van der Waals surface area (Å²) in [5.74, 6) is -0.651. The van der Waals surface area contributed by atoms with Gasteiger partial charge in [-0.15, -0.1) is 0 Å². The first-order valence-corrected chi connectivity index (χ1v) is 11.2. The van der Waals surface area contributed by atoms with Crippen molar-refractivity contribution < 1.29 is 14.3 Å². The van der Waals surface area contributed by atoms with Gasteiger partial charge in [0.1, 0.15) is 6.04 Å². The Hall–Kier alpha value is -3.13. The fourth-order valence-electron chi connectivity index (χ4n) is 3.81. The Balaban J connectivity index is 1.68. The molecule has 1 atom stereocenters. The SMILES string of the molecule is CCCC(NC(=O)c1ccc(=O)n(CCOC)c1)C(=O)Nc1cccc(N2CCCC2)c1. The van der Waals surface area contributed by atoms with Crippen LogP contribution in [0.3, 0.4) is 0 Å². The average Bonchev–Trinajstić information content (AvgIpc) is 3.33. The monoisotopic (exact) mass is 440 g/mol. The van der Waals surface area contributed by atoms with E-state index in [9.17, 15) is 14.4 Å². The van der Waals surface area contributed by atoms with E-state index in [-0.39, 0.29) is 11.5 Å². The van der Waals surface area contributed by atoms with Crippen molar-refractivity contribution in [2.75, 3.05) is 37.0 Å². The summed E-state index contributed by atoms with van der Waals surface area (Å²) in [5, 5.41) is 5.76. The van der Waals surface area contributed by atoms with Gasteiger partial charge in [-0.3, -0.25) is 14.4 Å². The highest BCUT2D eigenvalue weighted by molar-refractivity contribution is 6.01. The number of nitrogens with zero attached hydrogens (tertiary/aromatic N) is 2. The summed E-state index contributed by atoms with van der Waals surface area (Å²) in [7, 11) is 1.55. The van der Waals surface area contributed by atoms with Crippen molar-refractivity contribution >= 4 is 23.2 Å². The number of amides is 2. The predicted molar refractivity (Wildman–Crippen MR) is 125 cm³/mol. The van der Waals surface area contributed by atoms with E-state index in [4.69, 9.17) is 4.74 Å². The summed E-state index contributed by atoms with van der Waals surface area (Å²) >= 11 is 0. The number of ether oxygens (including phenoxy) is 1. The molecule has 1 aromatic heterocycles. The maximum atomic E-state index is 13.0. The van der Waals surface area contributed by atoms with Crippen LogP contribution in [0.2, 0.25) is 0 Å². The molecular formula is C24H32N4O4. The van der Waals surface area contributed by atoms with E-state index in [0.717, 1.165) is 25.2 Å². The summed E-state index contributed by atoms with van der Waals surface area (Å²) in [4.78, 5) is 40.0.